The highest BCUT2D eigenvalue weighted by atomic mass is 16.6. The number of carbonyl (C=O) groups excluding carboxylic acids is 1. The van der Waals surface area contributed by atoms with Crippen LogP contribution in [0, 0.1) is 0 Å². The second-order valence-corrected chi connectivity index (χ2v) is 7.43. The number of hydrogen-bond donors (Lipinski definition) is 1. The number of carbonyl (C=O) groups is 1. The van der Waals surface area contributed by atoms with E-state index in [-0.39, 0.29) is 11.6 Å². The van der Waals surface area contributed by atoms with Crippen LogP contribution in [0.5, 0.6) is 0 Å². The zero-order valence-electron chi connectivity index (χ0n) is 14.9. The molecule has 22 heavy (non-hydrogen) atoms. The van der Waals surface area contributed by atoms with Crippen molar-refractivity contribution in [2.24, 2.45) is 7.05 Å². The van der Waals surface area contributed by atoms with Crippen molar-refractivity contribution in [1.29, 1.82) is 0 Å². The Kier molecular flexibility index (Phi) is 6.00. The molecular formula is C16H30N4O2. The third kappa shape index (κ3) is 6.05. The van der Waals surface area contributed by atoms with E-state index in [1.807, 2.05) is 59.4 Å². The summed E-state index contributed by atoms with van der Waals surface area (Å²) in [7, 11) is 1.96. The molecular weight excluding hydrogens is 280 g/mol. The Balaban J connectivity index is 2.52. The predicted octanol–water partition coefficient (Wildman–Crippen LogP) is 2.55. The molecule has 0 fully saturated rings. The number of aromatic nitrogens is 2. The molecule has 0 aromatic carbocycles. The molecule has 1 heterocycles. The molecule has 1 amide bonds. The maximum absolute atomic E-state index is 12.3. The Bertz CT molecular complexity index is 483. The topological polar surface area (TPSA) is 59.4 Å². The van der Waals surface area contributed by atoms with E-state index >= 15 is 0 Å². The molecule has 1 rings (SSSR count). The van der Waals surface area contributed by atoms with Gasteiger partial charge in [0, 0.05) is 38.1 Å². The summed E-state index contributed by atoms with van der Waals surface area (Å²) >= 11 is 0. The van der Waals surface area contributed by atoms with E-state index in [9.17, 15) is 4.79 Å². The fourth-order valence-corrected chi connectivity index (χ4v) is 1.98. The maximum Gasteiger partial charge on any atom is 0.410 e. The van der Waals surface area contributed by atoms with E-state index in [0.717, 1.165) is 5.82 Å². The minimum atomic E-state index is -0.485. The van der Waals surface area contributed by atoms with Crippen LogP contribution >= 0.6 is 0 Å². The van der Waals surface area contributed by atoms with E-state index in [0.29, 0.717) is 19.6 Å². The van der Waals surface area contributed by atoms with Crippen molar-refractivity contribution in [2.45, 2.75) is 59.2 Å². The molecule has 1 aromatic rings. The van der Waals surface area contributed by atoms with Crippen molar-refractivity contribution in [3.63, 3.8) is 0 Å². The van der Waals surface area contributed by atoms with Crippen LogP contribution in [0.1, 0.15) is 47.4 Å². The van der Waals surface area contributed by atoms with Gasteiger partial charge < -0.3 is 19.5 Å². The van der Waals surface area contributed by atoms with Gasteiger partial charge in [-0.15, -0.1) is 0 Å². The third-order valence-corrected chi connectivity index (χ3v) is 3.14. The highest BCUT2D eigenvalue weighted by molar-refractivity contribution is 5.69. The predicted molar refractivity (Wildman–Crippen MR) is 87.6 cm³/mol. The highest BCUT2D eigenvalue weighted by Crippen LogP contribution is 2.17. The summed E-state index contributed by atoms with van der Waals surface area (Å²) in [4.78, 5) is 18.4. The molecule has 0 radical (unpaired) electrons. The van der Waals surface area contributed by atoms with Crippen LogP contribution in [0.15, 0.2) is 12.4 Å². The van der Waals surface area contributed by atoms with Crippen LogP contribution in [0.2, 0.25) is 0 Å². The first-order valence-electron chi connectivity index (χ1n) is 7.68. The van der Waals surface area contributed by atoms with Crippen molar-refractivity contribution in [3.05, 3.63) is 18.2 Å². The van der Waals surface area contributed by atoms with Crippen molar-refractivity contribution in [3.8, 4) is 0 Å². The van der Waals surface area contributed by atoms with Gasteiger partial charge in [0.05, 0.1) is 6.54 Å². The smallest absolute Gasteiger partial charge is 0.410 e. The summed E-state index contributed by atoms with van der Waals surface area (Å²) in [6.07, 6.45) is 3.41. The van der Waals surface area contributed by atoms with Gasteiger partial charge in [-0.2, -0.15) is 0 Å². The van der Waals surface area contributed by atoms with Crippen molar-refractivity contribution in [2.75, 3.05) is 13.1 Å². The zero-order chi connectivity index (χ0) is 17.0. The van der Waals surface area contributed by atoms with Crippen LogP contribution in [-0.4, -0.2) is 44.8 Å². The minimum Gasteiger partial charge on any atom is -0.444 e. The average Bonchev–Trinajstić information content (AvgIpc) is 2.70. The summed E-state index contributed by atoms with van der Waals surface area (Å²) in [5, 5.41) is 3.32. The van der Waals surface area contributed by atoms with Gasteiger partial charge in [0.15, 0.2) is 0 Å². The average molecular weight is 310 g/mol. The molecule has 0 aliphatic heterocycles. The van der Waals surface area contributed by atoms with Crippen LogP contribution < -0.4 is 5.32 Å². The fourth-order valence-electron chi connectivity index (χ4n) is 1.98. The first kappa shape index (κ1) is 18.5. The molecule has 0 saturated carbocycles. The lowest BCUT2D eigenvalue weighted by Gasteiger charge is -2.36. The summed E-state index contributed by atoms with van der Waals surface area (Å²) < 4.78 is 7.47. The molecule has 6 nitrogen and oxygen atoms in total. The van der Waals surface area contributed by atoms with Gasteiger partial charge in [0.2, 0.25) is 0 Å². The van der Waals surface area contributed by atoms with Gasteiger partial charge >= 0.3 is 6.09 Å². The summed E-state index contributed by atoms with van der Waals surface area (Å²) in [5.41, 5.74) is -0.770. The van der Waals surface area contributed by atoms with Gasteiger partial charge in [-0.3, -0.25) is 0 Å². The highest BCUT2D eigenvalue weighted by Gasteiger charge is 2.30. The molecule has 0 saturated heterocycles. The summed E-state index contributed by atoms with van der Waals surface area (Å²) in [5.74, 6) is 0.972. The van der Waals surface area contributed by atoms with Crippen LogP contribution in [-0.2, 0) is 18.3 Å². The molecule has 0 atom stereocenters. The first-order valence-corrected chi connectivity index (χ1v) is 7.68. The van der Waals surface area contributed by atoms with Crippen LogP contribution in [0.25, 0.3) is 0 Å². The Labute approximate surface area is 133 Å². The van der Waals surface area contributed by atoms with Gasteiger partial charge in [0.1, 0.15) is 11.4 Å². The normalized spacial score (nSPS) is 12.3. The SMILES string of the molecule is Cn1ccnc1CNCCN(C(=O)OC(C)(C)C)C(C)(C)C. The molecule has 126 valence electrons. The van der Waals surface area contributed by atoms with Crippen molar-refractivity contribution in [1.82, 2.24) is 19.8 Å². The molecule has 0 spiro atoms. The Morgan fingerprint density at radius 1 is 1.32 bits per heavy atom. The van der Waals surface area contributed by atoms with E-state index in [2.05, 4.69) is 10.3 Å². The van der Waals surface area contributed by atoms with Crippen molar-refractivity contribution < 1.29 is 9.53 Å². The Morgan fingerprint density at radius 2 is 1.95 bits per heavy atom. The quantitative estimate of drug-likeness (QED) is 0.849. The minimum absolute atomic E-state index is 0.279. The number of nitrogens with zero attached hydrogens (tertiary/aromatic N) is 3. The molecule has 0 aliphatic carbocycles. The number of imidazole rings is 1. The number of aryl methyl sites for hydroxylation is 1. The second-order valence-electron chi connectivity index (χ2n) is 7.43. The van der Waals surface area contributed by atoms with E-state index in [1.54, 1.807) is 11.1 Å². The number of rotatable bonds is 5. The summed E-state index contributed by atoms with van der Waals surface area (Å²) in [6, 6.07) is 0. The summed E-state index contributed by atoms with van der Waals surface area (Å²) in [6.45, 7) is 13.6. The Morgan fingerprint density at radius 3 is 2.41 bits per heavy atom. The fraction of sp³-hybridized carbons (Fsp3) is 0.750. The third-order valence-electron chi connectivity index (χ3n) is 3.14. The first-order chi connectivity index (χ1) is 10.0. The second kappa shape index (κ2) is 7.13. The van der Waals surface area contributed by atoms with Crippen LogP contribution in [0.4, 0.5) is 4.79 Å². The lowest BCUT2D eigenvalue weighted by Crippen LogP contribution is -2.50. The molecule has 0 unspecified atom stereocenters. The molecule has 1 N–H and O–H groups in total. The molecule has 1 aromatic heterocycles. The maximum atomic E-state index is 12.3. The molecule has 6 heteroatoms. The zero-order valence-corrected chi connectivity index (χ0v) is 14.9. The van der Waals surface area contributed by atoms with Gasteiger partial charge in [0.25, 0.3) is 0 Å². The van der Waals surface area contributed by atoms with E-state index in [4.69, 9.17) is 4.74 Å². The largest absolute Gasteiger partial charge is 0.444 e. The standard InChI is InChI=1S/C16H30N4O2/c1-15(2,3)20(14(21)22-16(4,5)6)11-8-17-12-13-18-9-10-19(13)7/h9-10,17H,8,11-12H2,1-7H3. The lowest BCUT2D eigenvalue weighted by molar-refractivity contribution is 0.00662. The lowest BCUT2D eigenvalue weighted by atomic mass is 10.1. The van der Waals surface area contributed by atoms with Gasteiger partial charge in [-0.1, -0.05) is 0 Å². The monoisotopic (exact) mass is 310 g/mol. The van der Waals surface area contributed by atoms with Crippen LogP contribution in [0.3, 0.4) is 0 Å². The van der Waals surface area contributed by atoms with Gasteiger partial charge in [-0.25, -0.2) is 9.78 Å². The number of ether oxygens (including phenoxy) is 1. The van der Waals surface area contributed by atoms with E-state index in [1.165, 1.54) is 0 Å². The molecule has 0 aliphatic rings. The van der Waals surface area contributed by atoms with E-state index < -0.39 is 5.60 Å². The number of amides is 1. The molecule has 0 bridgehead atoms. The number of hydrogen-bond acceptors (Lipinski definition) is 4. The number of nitrogens with one attached hydrogen (secondary N) is 1. The van der Waals surface area contributed by atoms with Crippen molar-refractivity contribution >= 4 is 6.09 Å². The Hall–Kier alpha value is -1.56. The van der Waals surface area contributed by atoms with Gasteiger partial charge in [-0.05, 0) is 41.5 Å².